The average Bonchev–Trinajstić information content (AvgIpc) is 2.81. The summed E-state index contributed by atoms with van der Waals surface area (Å²) in [5.74, 6) is 1.39. The number of nitrogens with zero attached hydrogens (tertiary/aromatic N) is 2. The molecule has 0 aromatic heterocycles. The second kappa shape index (κ2) is 9.63. The number of rotatable bonds is 5. The van der Waals surface area contributed by atoms with E-state index in [1.807, 2.05) is 28.0 Å². The molecule has 0 bridgehead atoms. The van der Waals surface area contributed by atoms with Crippen LogP contribution in [0.5, 0.6) is 11.5 Å². The fraction of sp³-hybridized carbons (Fsp3) is 0.462. The summed E-state index contributed by atoms with van der Waals surface area (Å²) < 4.78 is 11.1. The summed E-state index contributed by atoms with van der Waals surface area (Å²) >= 11 is 0. The third kappa shape index (κ3) is 4.59. The van der Waals surface area contributed by atoms with Crippen LogP contribution in [-0.2, 0) is 11.2 Å². The van der Waals surface area contributed by atoms with Gasteiger partial charge in [0.05, 0.1) is 7.11 Å². The van der Waals surface area contributed by atoms with E-state index in [9.17, 15) is 9.59 Å². The molecule has 2 heterocycles. The zero-order valence-electron chi connectivity index (χ0n) is 19.2. The van der Waals surface area contributed by atoms with Crippen LogP contribution in [0.15, 0.2) is 42.5 Å². The fourth-order valence-electron chi connectivity index (χ4n) is 4.89. The fourth-order valence-corrected chi connectivity index (χ4v) is 4.89. The van der Waals surface area contributed by atoms with Gasteiger partial charge < -0.3 is 19.3 Å². The molecule has 2 aliphatic rings. The third-order valence-corrected chi connectivity index (χ3v) is 6.60. The van der Waals surface area contributed by atoms with E-state index in [4.69, 9.17) is 9.47 Å². The second-order valence-electron chi connectivity index (χ2n) is 8.80. The van der Waals surface area contributed by atoms with E-state index in [-0.39, 0.29) is 30.5 Å². The van der Waals surface area contributed by atoms with Crippen molar-refractivity contribution in [2.75, 3.05) is 25.2 Å². The van der Waals surface area contributed by atoms with Crippen LogP contribution in [0.3, 0.4) is 0 Å². The molecule has 6 nitrogen and oxygen atoms in total. The van der Waals surface area contributed by atoms with Crippen molar-refractivity contribution in [3.8, 4) is 11.5 Å². The van der Waals surface area contributed by atoms with Crippen molar-refractivity contribution >= 4 is 17.5 Å². The first-order chi connectivity index (χ1) is 15.5. The smallest absolute Gasteiger partial charge is 0.260 e. The van der Waals surface area contributed by atoms with Crippen LogP contribution in [0, 0.1) is 0 Å². The van der Waals surface area contributed by atoms with E-state index in [0.717, 1.165) is 49.1 Å². The maximum absolute atomic E-state index is 13.2. The molecule has 2 aromatic carbocycles. The summed E-state index contributed by atoms with van der Waals surface area (Å²) in [4.78, 5) is 29.6. The van der Waals surface area contributed by atoms with Crippen molar-refractivity contribution in [1.29, 1.82) is 0 Å². The quantitative estimate of drug-likeness (QED) is 0.695. The van der Waals surface area contributed by atoms with Crippen LogP contribution in [-0.4, -0.2) is 49.1 Å². The summed E-state index contributed by atoms with van der Waals surface area (Å²) in [7, 11) is 1.65. The molecule has 1 fully saturated rings. The van der Waals surface area contributed by atoms with Crippen LogP contribution >= 0.6 is 0 Å². The highest BCUT2D eigenvalue weighted by Crippen LogP contribution is 2.31. The average molecular weight is 437 g/mol. The third-order valence-electron chi connectivity index (χ3n) is 6.60. The van der Waals surface area contributed by atoms with Gasteiger partial charge in [-0.05, 0) is 94.0 Å². The van der Waals surface area contributed by atoms with E-state index in [2.05, 4.69) is 13.8 Å². The molecule has 2 aromatic rings. The van der Waals surface area contributed by atoms with Gasteiger partial charge >= 0.3 is 0 Å². The van der Waals surface area contributed by atoms with Gasteiger partial charge in [0.1, 0.15) is 11.5 Å². The highest BCUT2D eigenvalue weighted by molar-refractivity contribution is 6.06. The summed E-state index contributed by atoms with van der Waals surface area (Å²) in [5, 5.41) is 0. The Hall–Kier alpha value is -3.02. The van der Waals surface area contributed by atoms with Gasteiger partial charge in [0.15, 0.2) is 6.61 Å². The summed E-state index contributed by atoms with van der Waals surface area (Å²) in [6.07, 6.45) is 5.10. The number of carbonyl (C=O) groups excluding carboxylic acids is 2. The molecule has 0 aliphatic carbocycles. The molecule has 32 heavy (non-hydrogen) atoms. The molecule has 0 unspecified atom stereocenters. The Labute approximate surface area is 190 Å². The van der Waals surface area contributed by atoms with E-state index in [0.29, 0.717) is 17.9 Å². The second-order valence-corrected chi connectivity index (χ2v) is 8.80. The molecule has 170 valence electrons. The standard InChI is InChI=1S/C26H32N2O4/c1-18-6-4-7-19(2)28(18)25(29)17-32-22-11-9-20(10-12-22)26(30)27-15-5-8-21-16-23(31-3)13-14-24(21)27/h9-14,16,18-19H,4-8,15,17H2,1-3H3/t18-,19-/m1/s1. The topological polar surface area (TPSA) is 59.1 Å². The number of likely N-dealkylation sites (tertiary alicyclic amines) is 1. The number of fused-ring (bicyclic) bond motifs is 1. The number of ether oxygens (including phenoxy) is 2. The van der Waals surface area contributed by atoms with Crippen LogP contribution in [0.25, 0.3) is 0 Å². The van der Waals surface area contributed by atoms with Gasteiger partial charge in [-0.2, -0.15) is 0 Å². The number of methoxy groups -OCH3 is 1. The van der Waals surface area contributed by atoms with Crippen LogP contribution in [0.1, 0.15) is 55.5 Å². The summed E-state index contributed by atoms with van der Waals surface area (Å²) in [5.41, 5.74) is 2.67. The number of anilines is 1. The molecule has 0 spiro atoms. The molecular weight excluding hydrogens is 404 g/mol. The van der Waals surface area contributed by atoms with Gasteiger partial charge in [0.2, 0.25) is 0 Å². The van der Waals surface area contributed by atoms with Gasteiger partial charge in [0.25, 0.3) is 11.8 Å². The predicted octanol–water partition coefficient (Wildman–Crippen LogP) is 4.46. The maximum Gasteiger partial charge on any atom is 0.260 e. The van der Waals surface area contributed by atoms with Crippen molar-refractivity contribution < 1.29 is 19.1 Å². The van der Waals surface area contributed by atoms with Gasteiger partial charge in [-0.25, -0.2) is 0 Å². The molecule has 0 saturated carbocycles. The Morgan fingerprint density at radius 3 is 2.34 bits per heavy atom. The molecular formula is C26H32N2O4. The first kappa shape index (κ1) is 22.2. The van der Waals surface area contributed by atoms with Gasteiger partial charge in [0, 0.05) is 29.9 Å². The number of carbonyl (C=O) groups is 2. The van der Waals surface area contributed by atoms with Crippen molar-refractivity contribution in [1.82, 2.24) is 4.90 Å². The van der Waals surface area contributed by atoms with E-state index in [1.54, 1.807) is 31.4 Å². The Balaban J connectivity index is 1.40. The van der Waals surface area contributed by atoms with Crippen molar-refractivity contribution in [2.45, 2.75) is 58.0 Å². The predicted molar refractivity (Wildman–Crippen MR) is 125 cm³/mol. The first-order valence-electron chi connectivity index (χ1n) is 11.5. The summed E-state index contributed by atoms with van der Waals surface area (Å²) in [6, 6.07) is 13.4. The van der Waals surface area contributed by atoms with Crippen molar-refractivity contribution in [2.24, 2.45) is 0 Å². The van der Waals surface area contributed by atoms with Crippen molar-refractivity contribution in [3.05, 3.63) is 53.6 Å². The first-order valence-corrected chi connectivity index (χ1v) is 11.5. The Morgan fingerprint density at radius 2 is 1.66 bits per heavy atom. The normalized spacial score (nSPS) is 20.5. The number of amides is 2. The lowest BCUT2D eigenvalue weighted by molar-refractivity contribution is -0.139. The maximum atomic E-state index is 13.2. The number of aryl methyl sites for hydroxylation is 1. The monoisotopic (exact) mass is 436 g/mol. The van der Waals surface area contributed by atoms with E-state index >= 15 is 0 Å². The molecule has 2 aliphatic heterocycles. The lowest BCUT2D eigenvalue weighted by atomic mass is 9.97. The number of hydrogen-bond acceptors (Lipinski definition) is 4. The molecule has 1 saturated heterocycles. The minimum atomic E-state index is -0.0327. The largest absolute Gasteiger partial charge is 0.497 e. The van der Waals surface area contributed by atoms with Crippen LogP contribution in [0.2, 0.25) is 0 Å². The van der Waals surface area contributed by atoms with Crippen LogP contribution < -0.4 is 14.4 Å². The number of hydrogen-bond donors (Lipinski definition) is 0. The number of piperidine rings is 1. The summed E-state index contributed by atoms with van der Waals surface area (Å²) in [6.45, 7) is 4.91. The van der Waals surface area contributed by atoms with Crippen LogP contribution in [0.4, 0.5) is 5.69 Å². The minimum Gasteiger partial charge on any atom is -0.497 e. The zero-order chi connectivity index (χ0) is 22.7. The molecule has 0 N–H and O–H groups in total. The van der Waals surface area contributed by atoms with Gasteiger partial charge in [-0.15, -0.1) is 0 Å². The van der Waals surface area contributed by atoms with Gasteiger partial charge in [-0.1, -0.05) is 0 Å². The minimum absolute atomic E-state index is 0.0172. The zero-order valence-corrected chi connectivity index (χ0v) is 19.2. The van der Waals surface area contributed by atoms with Gasteiger partial charge in [-0.3, -0.25) is 9.59 Å². The molecule has 4 rings (SSSR count). The highest BCUT2D eigenvalue weighted by atomic mass is 16.5. The Kier molecular flexibility index (Phi) is 6.68. The van der Waals surface area contributed by atoms with E-state index in [1.165, 1.54) is 0 Å². The highest BCUT2D eigenvalue weighted by Gasteiger charge is 2.29. The molecule has 0 radical (unpaired) electrons. The Morgan fingerprint density at radius 1 is 0.969 bits per heavy atom. The molecule has 2 amide bonds. The number of benzene rings is 2. The Bertz CT molecular complexity index is 962. The lowest BCUT2D eigenvalue weighted by Gasteiger charge is -2.38. The lowest BCUT2D eigenvalue weighted by Crippen LogP contribution is -2.49. The molecule has 2 atom stereocenters. The van der Waals surface area contributed by atoms with Crippen molar-refractivity contribution in [3.63, 3.8) is 0 Å². The SMILES string of the molecule is COc1ccc2c(c1)CCCN2C(=O)c1ccc(OCC(=O)N2[C@H](C)CCC[C@H]2C)cc1. The van der Waals surface area contributed by atoms with E-state index < -0.39 is 0 Å². The molecule has 6 heteroatoms.